The number of hydrogen-bond acceptors (Lipinski definition) is 5. The van der Waals surface area contributed by atoms with Crippen molar-refractivity contribution in [2.75, 3.05) is 32.1 Å². The summed E-state index contributed by atoms with van der Waals surface area (Å²) in [5, 5.41) is 5.64. The molecule has 0 radical (unpaired) electrons. The number of aromatic nitrogens is 1. The molecule has 8 nitrogen and oxygen atoms in total. The van der Waals surface area contributed by atoms with E-state index in [0.29, 0.717) is 11.6 Å². The van der Waals surface area contributed by atoms with E-state index in [-0.39, 0.29) is 24.5 Å². The molecule has 0 unspecified atom stereocenters. The molecule has 3 amide bonds. The number of ether oxygens (including phenoxy) is 1. The highest BCUT2D eigenvalue weighted by molar-refractivity contribution is 5.90. The van der Waals surface area contributed by atoms with Crippen LogP contribution in [0.15, 0.2) is 18.3 Å². The Kier molecular flexibility index (Phi) is 5.54. The molecule has 0 saturated carbocycles. The van der Waals surface area contributed by atoms with Gasteiger partial charge in [-0.2, -0.15) is 0 Å². The molecule has 1 aliphatic heterocycles. The summed E-state index contributed by atoms with van der Waals surface area (Å²) in [6.45, 7) is 1.75. The van der Waals surface area contributed by atoms with Crippen molar-refractivity contribution in [3.63, 3.8) is 0 Å². The summed E-state index contributed by atoms with van der Waals surface area (Å²) >= 11 is 0. The first-order chi connectivity index (χ1) is 10.6. The maximum Gasteiger partial charge on any atom is 0.319 e. The zero-order valence-electron chi connectivity index (χ0n) is 12.5. The molecule has 1 fully saturated rings. The standard InChI is InChI=1S/C14H21N5O3/c1-22-13-11(3-2-6-16-13)18-14(21)17-10-4-7-19(8-5-10)9-12(15)20/h2-3,6,10H,4-5,7-9H2,1H3,(H2,15,20)(H2,17,18,21). The summed E-state index contributed by atoms with van der Waals surface area (Å²) in [7, 11) is 1.50. The van der Waals surface area contributed by atoms with Crippen LogP contribution < -0.4 is 21.1 Å². The maximum atomic E-state index is 12.0. The van der Waals surface area contributed by atoms with Crippen molar-refractivity contribution in [1.82, 2.24) is 15.2 Å². The number of carbonyl (C=O) groups is 2. The van der Waals surface area contributed by atoms with Crippen LogP contribution in [0.2, 0.25) is 0 Å². The molecule has 4 N–H and O–H groups in total. The molecule has 0 aromatic carbocycles. The first kappa shape index (κ1) is 16.0. The summed E-state index contributed by atoms with van der Waals surface area (Å²) < 4.78 is 5.08. The highest BCUT2D eigenvalue weighted by Crippen LogP contribution is 2.19. The van der Waals surface area contributed by atoms with E-state index in [1.807, 2.05) is 4.90 Å². The topological polar surface area (TPSA) is 110 Å². The molecule has 0 spiro atoms. The average molecular weight is 307 g/mol. The molecular formula is C14H21N5O3. The Balaban J connectivity index is 1.80. The highest BCUT2D eigenvalue weighted by Gasteiger charge is 2.21. The summed E-state index contributed by atoms with van der Waals surface area (Å²) in [5.41, 5.74) is 5.70. The van der Waals surface area contributed by atoms with Crippen molar-refractivity contribution < 1.29 is 14.3 Å². The van der Waals surface area contributed by atoms with Crippen molar-refractivity contribution in [2.45, 2.75) is 18.9 Å². The number of methoxy groups -OCH3 is 1. The number of pyridine rings is 1. The number of nitrogens with one attached hydrogen (secondary N) is 2. The Hall–Kier alpha value is -2.35. The van der Waals surface area contributed by atoms with Crippen LogP contribution in [0.5, 0.6) is 5.88 Å². The Morgan fingerprint density at radius 1 is 1.45 bits per heavy atom. The number of hydrogen-bond donors (Lipinski definition) is 3. The van der Waals surface area contributed by atoms with Crippen LogP contribution in [-0.2, 0) is 4.79 Å². The minimum Gasteiger partial charge on any atom is -0.480 e. The molecule has 22 heavy (non-hydrogen) atoms. The zero-order valence-corrected chi connectivity index (χ0v) is 12.5. The van der Waals surface area contributed by atoms with E-state index in [1.165, 1.54) is 7.11 Å². The van der Waals surface area contributed by atoms with E-state index in [0.717, 1.165) is 25.9 Å². The van der Waals surface area contributed by atoms with Crippen LogP contribution in [0.1, 0.15) is 12.8 Å². The number of primary amides is 1. The van der Waals surface area contributed by atoms with Crippen LogP contribution >= 0.6 is 0 Å². The molecule has 8 heteroatoms. The Labute approximate surface area is 129 Å². The molecule has 2 rings (SSSR count). The van der Waals surface area contributed by atoms with Gasteiger partial charge in [-0.1, -0.05) is 0 Å². The van der Waals surface area contributed by atoms with Gasteiger partial charge in [-0.25, -0.2) is 9.78 Å². The number of rotatable bonds is 5. The van der Waals surface area contributed by atoms with Gasteiger partial charge in [0, 0.05) is 25.3 Å². The fraction of sp³-hybridized carbons (Fsp3) is 0.500. The van der Waals surface area contributed by atoms with Gasteiger partial charge in [-0.15, -0.1) is 0 Å². The summed E-state index contributed by atoms with van der Waals surface area (Å²) in [6, 6.07) is 3.23. The van der Waals surface area contributed by atoms with Crippen LogP contribution in [0, 0.1) is 0 Å². The van der Waals surface area contributed by atoms with E-state index >= 15 is 0 Å². The molecular weight excluding hydrogens is 286 g/mol. The van der Waals surface area contributed by atoms with Gasteiger partial charge in [0.2, 0.25) is 11.8 Å². The molecule has 1 aromatic rings. The minimum absolute atomic E-state index is 0.0757. The second kappa shape index (κ2) is 7.60. The number of nitrogens with zero attached hydrogens (tertiary/aromatic N) is 2. The smallest absolute Gasteiger partial charge is 0.319 e. The van der Waals surface area contributed by atoms with Crippen molar-refractivity contribution in [2.24, 2.45) is 5.73 Å². The molecule has 1 saturated heterocycles. The van der Waals surface area contributed by atoms with Gasteiger partial charge in [0.1, 0.15) is 5.69 Å². The first-order valence-corrected chi connectivity index (χ1v) is 7.15. The fourth-order valence-corrected chi connectivity index (χ4v) is 2.45. The number of amides is 3. The lowest BCUT2D eigenvalue weighted by Gasteiger charge is -2.31. The third-order valence-electron chi connectivity index (χ3n) is 3.51. The van der Waals surface area contributed by atoms with E-state index < -0.39 is 0 Å². The van der Waals surface area contributed by atoms with Gasteiger partial charge in [-0.3, -0.25) is 9.69 Å². The van der Waals surface area contributed by atoms with Crippen molar-refractivity contribution in [3.8, 4) is 5.88 Å². The van der Waals surface area contributed by atoms with Crippen molar-refractivity contribution >= 4 is 17.6 Å². The number of anilines is 1. The maximum absolute atomic E-state index is 12.0. The van der Waals surface area contributed by atoms with E-state index in [4.69, 9.17) is 10.5 Å². The van der Waals surface area contributed by atoms with Gasteiger partial charge in [0.05, 0.1) is 13.7 Å². The SMILES string of the molecule is COc1ncccc1NC(=O)NC1CCN(CC(N)=O)CC1. The lowest BCUT2D eigenvalue weighted by Crippen LogP contribution is -2.47. The number of urea groups is 1. The lowest BCUT2D eigenvalue weighted by molar-refractivity contribution is -0.119. The minimum atomic E-state index is -0.326. The lowest BCUT2D eigenvalue weighted by atomic mass is 10.1. The van der Waals surface area contributed by atoms with Gasteiger partial charge in [0.15, 0.2) is 0 Å². The van der Waals surface area contributed by atoms with Crippen LogP contribution in [0.4, 0.5) is 10.5 Å². The zero-order chi connectivity index (χ0) is 15.9. The van der Waals surface area contributed by atoms with Gasteiger partial charge in [-0.05, 0) is 25.0 Å². The number of piperidine rings is 1. The monoisotopic (exact) mass is 307 g/mol. The average Bonchev–Trinajstić information content (AvgIpc) is 2.49. The third kappa shape index (κ3) is 4.59. The normalized spacial score (nSPS) is 16.0. The number of carbonyl (C=O) groups excluding carboxylic acids is 2. The summed E-state index contributed by atoms with van der Waals surface area (Å²) in [6.07, 6.45) is 3.16. The summed E-state index contributed by atoms with van der Waals surface area (Å²) in [4.78, 5) is 28.9. The van der Waals surface area contributed by atoms with E-state index in [9.17, 15) is 9.59 Å². The molecule has 0 bridgehead atoms. The first-order valence-electron chi connectivity index (χ1n) is 7.15. The summed E-state index contributed by atoms with van der Waals surface area (Å²) in [5.74, 6) is 0.0433. The van der Waals surface area contributed by atoms with Crippen molar-refractivity contribution in [3.05, 3.63) is 18.3 Å². The Morgan fingerprint density at radius 3 is 2.82 bits per heavy atom. The van der Waals surface area contributed by atoms with Crippen LogP contribution in [0.3, 0.4) is 0 Å². The molecule has 1 aliphatic rings. The van der Waals surface area contributed by atoms with Gasteiger partial charge < -0.3 is 21.1 Å². The number of nitrogens with two attached hydrogens (primary N) is 1. The molecule has 1 aromatic heterocycles. The van der Waals surface area contributed by atoms with Crippen LogP contribution in [-0.4, -0.2) is 54.6 Å². The van der Waals surface area contributed by atoms with Gasteiger partial charge >= 0.3 is 6.03 Å². The second-order valence-electron chi connectivity index (χ2n) is 5.18. The Morgan fingerprint density at radius 2 is 2.18 bits per heavy atom. The molecule has 0 atom stereocenters. The van der Waals surface area contributed by atoms with Crippen LogP contribution in [0.25, 0.3) is 0 Å². The predicted octanol–water partition coefficient (Wildman–Crippen LogP) is 0.161. The highest BCUT2D eigenvalue weighted by atomic mass is 16.5. The van der Waals surface area contributed by atoms with E-state index in [2.05, 4.69) is 15.6 Å². The van der Waals surface area contributed by atoms with Crippen molar-refractivity contribution in [1.29, 1.82) is 0 Å². The quantitative estimate of drug-likeness (QED) is 0.718. The number of likely N-dealkylation sites (tertiary alicyclic amines) is 1. The molecule has 120 valence electrons. The second-order valence-corrected chi connectivity index (χ2v) is 5.18. The molecule has 0 aliphatic carbocycles. The van der Waals surface area contributed by atoms with E-state index in [1.54, 1.807) is 18.3 Å². The largest absolute Gasteiger partial charge is 0.480 e. The van der Waals surface area contributed by atoms with Gasteiger partial charge in [0.25, 0.3) is 0 Å². The predicted molar refractivity (Wildman–Crippen MR) is 81.6 cm³/mol. The third-order valence-corrected chi connectivity index (χ3v) is 3.51. The Bertz CT molecular complexity index is 529. The fourth-order valence-electron chi connectivity index (χ4n) is 2.45. The molecule has 2 heterocycles.